The summed E-state index contributed by atoms with van der Waals surface area (Å²) < 4.78 is 5.31. The van der Waals surface area contributed by atoms with Crippen molar-refractivity contribution in [2.75, 3.05) is 19.8 Å². The smallest absolute Gasteiger partial charge is 0.0940 e. The Labute approximate surface area is 126 Å². The topological polar surface area (TPSA) is 41.5 Å². The summed E-state index contributed by atoms with van der Waals surface area (Å²) in [5, 5.41) is 16.2. The number of ether oxygens (including phenoxy) is 1. The molecule has 0 fully saturated rings. The Morgan fingerprint density at radius 1 is 1.14 bits per heavy atom. The van der Waals surface area contributed by atoms with Gasteiger partial charge in [-0.05, 0) is 49.2 Å². The van der Waals surface area contributed by atoms with Crippen molar-refractivity contribution in [3.05, 3.63) is 48.0 Å². The highest BCUT2D eigenvalue weighted by Gasteiger charge is 2.15. The lowest BCUT2D eigenvalue weighted by atomic mass is 10.00. The van der Waals surface area contributed by atoms with Crippen molar-refractivity contribution in [2.45, 2.75) is 32.4 Å². The highest BCUT2D eigenvalue weighted by atomic mass is 16.5. The van der Waals surface area contributed by atoms with Gasteiger partial charge in [-0.3, -0.25) is 0 Å². The molecule has 3 nitrogen and oxygen atoms in total. The highest BCUT2D eigenvalue weighted by molar-refractivity contribution is 5.83. The van der Waals surface area contributed by atoms with Gasteiger partial charge in [-0.2, -0.15) is 0 Å². The average molecular weight is 287 g/mol. The summed E-state index contributed by atoms with van der Waals surface area (Å²) in [6.45, 7) is 6.39. The Morgan fingerprint density at radius 3 is 2.67 bits per heavy atom. The van der Waals surface area contributed by atoms with E-state index in [9.17, 15) is 5.11 Å². The summed E-state index contributed by atoms with van der Waals surface area (Å²) >= 11 is 0. The molecule has 0 saturated heterocycles. The highest BCUT2D eigenvalue weighted by Crippen LogP contribution is 2.22. The average Bonchev–Trinajstić information content (AvgIpc) is 2.53. The molecule has 2 N–H and O–H groups in total. The molecule has 114 valence electrons. The summed E-state index contributed by atoms with van der Waals surface area (Å²) in [5.74, 6) is 0. The van der Waals surface area contributed by atoms with Gasteiger partial charge >= 0.3 is 0 Å². The Morgan fingerprint density at radius 2 is 1.90 bits per heavy atom. The van der Waals surface area contributed by atoms with Gasteiger partial charge in [0.1, 0.15) is 0 Å². The first kappa shape index (κ1) is 16.0. The summed E-state index contributed by atoms with van der Waals surface area (Å²) in [6, 6.07) is 14.4. The molecule has 21 heavy (non-hydrogen) atoms. The molecule has 2 unspecified atom stereocenters. The van der Waals surface area contributed by atoms with Gasteiger partial charge < -0.3 is 15.2 Å². The van der Waals surface area contributed by atoms with Crippen LogP contribution in [0.25, 0.3) is 10.8 Å². The standard InChI is InChI=1S/C18H25NO2/c1-3-21-12-6-11-19-14(2)18(20)17-10-9-15-7-4-5-8-16(15)13-17/h4-5,7-10,13-14,18-20H,3,6,11-12H2,1-2H3. The maximum absolute atomic E-state index is 10.5. The number of aliphatic hydroxyl groups is 1. The molecule has 0 aliphatic rings. The number of hydrogen-bond acceptors (Lipinski definition) is 3. The first-order valence-electron chi connectivity index (χ1n) is 7.70. The zero-order chi connectivity index (χ0) is 15.1. The van der Waals surface area contributed by atoms with E-state index in [0.717, 1.165) is 37.1 Å². The van der Waals surface area contributed by atoms with E-state index < -0.39 is 6.10 Å². The van der Waals surface area contributed by atoms with E-state index in [4.69, 9.17) is 4.74 Å². The van der Waals surface area contributed by atoms with Gasteiger partial charge in [-0.1, -0.05) is 36.4 Å². The third-order valence-electron chi connectivity index (χ3n) is 3.72. The number of hydrogen-bond donors (Lipinski definition) is 2. The van der Waals surface area contributed by atoms with Crippen LogP contribution in [0.15, 0.2) is 42.5 Å². The molecule has 0 aliphatic carbocycles. The number of aliphatic hydroxyl groups excluding tert-OH is 1. The zero-order valence-corrected chi connectivity index (χ0v) is 12.9. The molecule has 2 aromatic carbocycles. The number of rotatable bonds is 8. The molecular formula is C18H25NO2. The minimum Gasteiger partial charge on any atom is -0.387 e. The fourth-order valence-corrected chi connectivity index (χ4v) is 2.44. The second kappa shape index (κ2) is 8.13. The lowest BCUT2D eigenvalue weighted by Crippen LogP contribution is -2.33. The molecule has 2 aromatic rings. The van der Waals surface area contributed by atoms with Crippen LogP contribution >= 0.6 is 0 Å². The summed E-state index contributed by atoms with van der Waals surface area (Å²) in [7, 11) is 0. The Balaban J connectivity index is 1.92. The third-order valence-corrected chi connectivity index (χ3v) is 3.72. The van der Waals surface area contributed by atoms with Crippen LogP contribution < -0.4 is 5.32 Å². The molecule has 0 aromatic heterocycles. The molecule has 0 heterocycles. The van der Waals surface area contributed by atoms with Crippen molar-refractivity contribution in [3.63, 3.8) is 0 Å². The SMILES string of the molecule is CCOCCCNC(C)C(O)c1ccc2ccccc2c1. The Kier molecular flexibility index (Phi) is 6.18. The Bertz CT molecular complexity index is 556. The van der Waals surface area contributed by atoms with Crippen molar-refractivity contribution >= 4 is 10.8 Å². The molecule has 0 bridgehead atoms. The fourth-order valence-electron chi connectivity index (χ4n) is 2.44. The minimum atomic E-state index is -0.498. The zero-order valence-electron chi connectivity index (χ0n) is 12.9. The quantitative estimate of drug-likeness (QED) is 0.732. The Hall–Kier alpha value is -1.42. The number of fused-ring (bicyclic) bond motifs is 1. The normalized spacial score (nSPS) is 14.2. The van der Waals surface area contributed by atoms with Crippen LogP contribution in [-0.2, 0) is 4.74 Å². The van der Waals surface area contributed by atoms with Gasteiger partial charge in [0, 0.05) is 19.3 Å². The second-order valence-corrected chi connectivity index (χ2v) is 5.34. The third kappa shape index (κ3) is 4.53. The van der Waals surface area contributed by atoms with Crippen molar-refractivity contribution in [3.8, 4) is 0 Å². The fraction of sp³-hybridized carbons (Fsp3) is 0.444. The van der Waals surface area contributed by atoms with E-state index in [1.807, 2.05) is 32.0 Å². The predicted octanol–water partition coefficient (Wildman–Crippen LogP) is 3.28. The molecule has 0 aliphatic heterocycles. The van der Waals surface area contributed by atoms with Gasteiger partial charge in [0.15, 0.2) is 0 Å². The van der Waals surface area contributed by atoms with Crippen LogP contribution in [0.3, 0.4) is 0 Å². The molecule has 0 amide bonds. The summed E-state index contributed by atoms with van der Waals surface area (Å²) in [6.07, 6.45) is 0.463. The van der Waals surface area contributed by atoms with Gasteiger partial charge in [0.05, 0.1) is 6.10 Å². The van der Waals surface area contributed by atoms with E-state index in [2.05, 4.69) is 29.6 Å². The van der Waals surface area contributed by atoms with E-state index in [0.29, 0.717) is 0 Å². The lowest BCUT2D eigenvalue weighted by molar-refractivity contribution is 0.125. The maximum Gasteiger partial charge on any atom is 0.0940 e. The van der Waals surface area contributed by atoms with E-state index in [-0.39, 0.29) is 6.04 Å². The van der Waals surface area contributed by atoms with Crippen LogP contribution in [0.5, 0.6) is 0 Å². The first-order chi connectivity index (χ1) is 10.2. The predicted molar refractivity (Wildman–Crippen MR) is 87.5 cm³/mol. The summed E-state index contributed by atoms with van der Waals surface area (Å²) in [5.41, 5.74) is 0.957. The monoisotopic (exact) mass is 287 g/mol. The molecule has 3 heteroatoms. The molecule has 0 saturated carbocycles. The maximum atomic E-state index is 10.5. The largest absolute Gasteiger partial charge is 0.387 e. The van der Waals surface area contributed by atoms with Gasteiger partial charge in [0.2, 0.25) is 0 Å². The number of benzene rings is 2. The van der Waals surface area contributed by atoms with E-state index >= 15 is 0 Å². The minimum absolute atomic E-state index is 0.0211. The molecule has 2 atom stereocenters. The lowest BCUT2D eigenvalue weighted by Gasteiger charge is -2.21. The van der Waals surface area contributed by atoms with Crippen LogP contribution in [0.1, 0.15) is 31.9 Å². The van der Waals surface area contributed by atoms with E-state index in [1.54, 1.807) is 0 Å². The summed E-state index contributed by atoms with van der Waals surface area (Å²) in [4.78, 5) is 0. The second-order valence-electron chi connectivity index (χ2n) is 5.34. The van der Waals surface area contributed by atoms with Gasteiger partial charge in [-0.25, -0.2) is 0 Å². The van der Waals surface area contributed by atoms with Crippen LogP contribution in [0.2, 0.25) is 0 Å². The van der Waals surface area contributed by atoms with Gasteiger partial charge in [0.25, 0.3) is 0 Å². The van der Waals surface area contributed by atoms with Crippen LogP contribution in [-0.4, -0.2) is 30.9 Å². The first-order valence-corrected chi connectivity index (χ1v) is 7.70. The number of nitrogens with one attached hydrogen (secondary N) is 1. The van der Waals surface area contributed by atoms with Crippen molar-refractivity contribution < 1.29 is 9.84 Å². The van der Waals surface area contributed by atoms with E-state index in [1.165, 1.54) is 5.39 Å². The van der Waals surface area contributed by atoms with Gasteiger partial charge in [-0.15, -0.1) is 0 Å². The van der Waals surface area contributed by atoms with Crippen molar-refractivity contribution in [2.24, 2.45) is 0 Å². The molecular weight excluding hydrogens is 262 g/mol. The van der Waals surface area contributed by atoms with Crippen molar-refractivity contribution in [1.82, 2.24) is 5.32 Å². The molecule has 0 radical (unpaired) electrons. The van der Waals surface area contributed by atoms with Crippen LogP contribution in [0, 0.1) is 0 Å². The van der Waals surface area contributed by atoms with Crippen LogP contribution in [0.4, 0.5) is 0 Å². The molecule has 2 rings (SSSR count). The molecule has 0 spiro atoms. The van der Waals surface area contributed by atoms with Crippen molar-refractivity contribution in [1.29, 1.82) is 0 Å².